The minimum absolute atomic E-state index is 0.146. The number of aryl methyl sites for hydroxylation is 1. The maximum atomic E-state index is 2.61. The Balaban J connectivity index is 1.30. The van der Waals surface area contributed by atoms with E-state index in [1.807, 2.05) is 0 Å². The number of benzene rings is 7. The zero-order valence-electron chi connectivity index (χ0n) is 29.5. The van der Waals surface area contributed by atoms with Crippen molar-refractivity contribution >= 4 is 43.1 Å². The van der Waals surface area contributed by atoms with Gasteiger partial charge in [-0.05, 0) is 119 Å². The molecular formula is C48H50. The van der Waals surface area contributed by atoms with Gasteiger partial charge in [0, 0.05) is 0 Å². The number of rotatable bonds is 8. The molecule has 0 heterocycles. The van der Waals surface area contributed by atoms with Crippen LogP contribution in [0.3, 0.4) is 0 Å². The fourth-order valence-corrected chi connectivity index (χ4v) is 8.87. The number of fused-ring (bicyclic) bond motifs is 2. The molecule has 8 rings (SSSR count). The third-order valence-corrected chi connectivity index (χ3v) is 11.5. The minimum atomic E-state index is 0.146. The van der Waals surface area contributed by atoms with Gasteiger partial charge in [0.2, 0.25) is 0 Å². The molecule has 0 nitrogen and oxygen atoms in total. The molecule has 0 atom stereocenters. The summed E-state index contributed by atoms with van der Waals surface area (Å²) in [4.78, 5) is 0. The maximum absolute atomic E-state index is 2.61. The molecule has 242 valence electrons. The lowest BCUT2D eigenvalue weighted by atomic mass is 9.78. The molecule has 1 saturated carbocycles. The first-order valence-corrected chi connectivity index (χ1v) is 18.8. The highest BCUT2D eigenvalue weighted by atomic mass is 14.3. The zero-order valence-corrected chi connectivity index (χ0v) is 29.5. The van der Waals surface area contributed by atoms with E-state index in [-0.39, 0.29) is 5.41 Å². The Morgan fingerprint density at radius 3 is 1.77 bits per heavy atom. The summed E-state index contributed by atoms with van der Waals surface area (Å²) in [5.74, 6) is 0.667. The monoisotopic (exact) mass is 626 g/mol. The second-order valence-corrected chi connectivity index (χ2v) is 15.7. The Kier molecular flexibility index (Phi) is 8.24. The molecule has 0 spiro atoms. The summed E-state index contributed by atoms with van der Waals surface area (Å²) in [5, 5.41) is 11.0. The van der Waals surface area contributed by atoms with E-state index < -0.39 is 0 Å². The summed E-state index contributed by atoms with van der Waals surface area (Å²) >= 11 is 0. The van der Waals surface area contributed by atoms with Crippen LogP contribution < -0.4 is 0 Å². The second kappa shape index (κ2) is 12.7. The van der Waals surface area contributed by atoms with E-state index in [0.717, 1.165) is 0 Å². The van der Waals surface area contributed by atoms with E-state index in [2.05, 4.69) is 131 Å². The molecule has 0 saturated heterocycles. The highest BCUT2D eigenvalue weighted by Gasteiger charge is 2.23. The van der Waals surface area contributed by atoms with Gasteiger partial charge in [-0.25, -0.2) is 0 Å². The first-order valence-electron chi connectivity index (χ1n) is 18.8. The topological polar surface area (TPSA) is 0 Å². The first kappa shape index (κ1) is 31.1. The van der Waals surface area contributed by atoms with E-state index in [0.29, 0.717) is 5.92 Å². The Morgan fingerprint density at radius 1 is 0.542 bits per heavy atom. The standard InChI is InChI=1S/C48H50/c1-5-6-7-9-14-32-21-26-38(45(31-32)33-15-10-8-11-16-33)37-28-30-44-43-29-27-36(34-22-24-35(25-23-34)48(2,3)4)39-17-12-19-41(46(39)43)42-20-13-18-40(37)47(42)44/h12-13,17-31,33H,5-11,14-16H2,1-4H3. The molecule has 0 unspecified atom stereocenters. The third-order valence-electron chi connectivity index (χ3n) is 11.5. The highest BCUT2D eigenvalue weighted by molar-refractivity contribution is 6.35. The van der Waals surface area contributed by atoms with Crippen molar-refractivity contribution in [1.82, 2.24) is 0 Å². The number of hydrogen-bond donors (Lipinski definition) is 0. The van der Waals surface area contributed by atoms with Gasteiger partial charge in [-0.2, -0.15) is 0 Å². The van der Waals surface area contributed by atoms with Gasteiger partial charge in [-0.15, -0.1) is 0 Å². The van der Waals surface area contributed by atoms with Crippen molar-refractivity contribution in [1.29, 1.82) is 0 Å². The van der Waals surface area contributed by atoms with Crippen LogP contribution in [0.1, 0.15) is 108 Å². The lowest BCUT2D eigenvalue weighted by Gasteiger charge is -2.26. The molecule has 0 N–H and O–H groups in total. The normalized spacial score (nSPS) is 14.6. The van der Waals surface area contributed by atoms with Crippen molar-refractivity contribution in [2.75, 3.05) is 0 Å². The largest absolute Gasteiger partial charge is 0.0654 e. The van der Waals surface area contributed by atoms with Crippen molar-refractivity contribution in [3.8, 4) is 22.3 Å². The van der Waals surface area contributed by atoms with Gasteiger partial charge in [0.05, 0.1) is 0 Å². The van der Waals surface area contributed by atoms with Gasteiger partial charge in [0.1, 0.15) is 0 Å². The van der Waals surface area contributed by atoms with Crippen molar-refractivity contribution < 1.29 is 0 Å². The summed E-state index contributed by atoms with van der Waals surface area (Å²) in [7, 11) is 0. The summed E-state index contributed by atoms with van der Waals surface area (Å²) in [6.45, 7) is 9.17. The molecule has 1 aliphatic rings. The zero-order chi connectivity index (χ0) is 32.8. The van der Waals surface area contributed by atoms with Gasteiger partial charge in [0.15, 0.2) is 0 Å². The summed E-state index contributed by atoms with van der Waals surface area (Å²) in [5.41, 5.74) is 10.1. The Morgan fingerprint density at radius 2 is 1.12 bits per heavy atom. The molecule has 1 fully saturated rings. The molecule has 0 radical (unpaired) electrons. The molecule has 7 aromatic rings. The lowest BCUT2D eigenvalue weighted by Crippen LogP contribution is -2.10. The molecule has 0 aromatic heterocycles. The summed E-state index contributed by atoms with van der Waals surface area (Å²) in [6.07, 6.45) is 13.2. The van der Waals surface area contributed by atoms with Crippen LogP contribution in [0, 0.1) is 0 Å². The van der Waals surface area contributed by atoms with Crippen LogP contribution in [-0.4, -0.2) is 0 Å². The number of hydrogen-bond acceptors (Lipinski definition) is 0. The van der Waals surface area contributed by atoms with E-state index in [9.17, 15) is 0 Å². The van der Waals surface area contributed by atoms with Crippen molar-refractivity contribution in [3.63, 3.8) is 0 Å². The van der Waals surface area contributed by atoms with Crippen LogP contribution in [0.4, 0.5) is 0 Å². The fraction of sp³-hybridized carbons (Fsp3) is 0.333. The average molecular weight is 627 g/mol. The van der Waals surface area contributed by atoms with Crippen LogP contribution in [0.25, 0.3) is 65.3 Å². The second-order valence-electron chi connectivity index (χ2n) is 15.7. The summed E-state index contributed by atoms with van der Waals surface area (Å²) in [6, 6.07) is 40.4. The minimum Gasteiger partial charge on any atom is -0.0654 e. The van der Waals surface area contributed by atoms with Gasteiger partial charge in [-0.1, -0.05) is 169 Å². The molecule has 0 bridgehead atoms. The van der Waals surface area contributed by atoms with Crippen LogP contribution in [0.15, 0.2) is 103 Å². The van der Waals surface area contributed by atoms with E-state index >= 15 is 0 Å². The van der Waals surface area contributed by atoms with Crippen LogP contribution in [0.5, 0.6) is 0 Å². The SMILES string of the molecule is CCCCCCc1ccc(-c2ccc3c4ccc(-c5ccc(C(C)(C)C)cc5)c5cccc(c6cccc2c63)c54)c(C2CCCCC2)c1. The van der Waals surface area contributed by atoms with Crippen LogP contribution in [0.2, 0.25) is 0 Å². The van der Waals surface area contributed by atoms with E-state index in [1.165, 1.54) is 141 Å². The van der Waals surface area contributed by atoms with Crippen LogP contribution >= 0.6 is 0 Å². The van der Waals surface area contributed by atoms with E-state index in [4.69, 9.17) is 0 Å². The molecule has 0 aliphatic heterocycles. The van der Waals surface area contributed by atoms with Crippen molar-refractivity contribution in [2.45, 2.75) is 103 Å². The smallest absolute Gasteiger partial charge is 0.00201 e. The molecule has 0 heteroatoms. The predicted octanol–water partition coefficient (Wildman–Crippen LogP) is 14.5. The van der Waals surface area contributed by atoms with Crippen LogP contribution in [-0.2, 0) is 11.8 Å². The maximum Gasteiger partial charge on any atom is -0.00201 e. The molecule has 0 amide bonds. The molecule has 1 aliphatic carbocycles. The molecule has 48 heavy (non-hydrogen) atoms. The van der Waals surface area contributed by atoms with Gasteiger partial charge in [0.25, 0.3) is 0 Å². The Hall–Kier alpha value is -4.16. The van der Waals surface area contributed by atoms with Crippen molar-refractivity contribution in [3.05, 3.63) is 120 Å². The van der Waals surface area contributed by atoms with Crippen molar-refractivity contribution in [2.24, 2.45) is 0 Å². The lowest BCUT2D eigenvalue weighted by molar-refractivity contribution is 0.444. The van der Waals surface area contributed by atoms with Gasteiger partial charge >= 0.3 is 0 Å². The molecule has 7 aromatic carbocycles. The van der Waals surface area contributed by atoms with Gasteiger partial charge in [-0.3, -0.25) is 0 Å². The predicted molar refractivity (Wildman–Crippen MR) is 211 cm³/mol. The highest BCUT2D eigenvalue weighted by Crippen LogP contribution is 2.47. The summed E-state index contributed by atoms with van der Waals surface area (Å²) < 4.78 is 0. The Bertz CT molecular complexity index is 2200. The van der Waals surface area contributed by atoms with Gasteiger partial charge < -0.3 is 0 Å². The fourth-order valence-electron chi connectivity index (χ4n) is 8.87. The average Bonchev–Trinajstić information content (AvgIpc) is 3.12. The quantitative estimate of drug-likeness (QED) is 0.0894. The number of unbranched alkanes of at least 4 members (excludes halogenated alkanes) is 3. The van der Waals surface area contributed by atoms with E-state index in [1.54, 1.807) is 5.56 Å². The Labute approximate surface area is 287 Å². The first-order chi connectivity index (χ1) is 23.4. The third kappa shape index (κ3) is 5.48. The molecular weight excluding hydrogens is 577 g/mol.